The maximum absolute atomic E-state index is 12.6. The van der Waals surface area contributed by atoms with Gasteiger partial charge >= 0.3 is 11.1 Å². The van der Waals surface area contributed by atoms with Crippen molar-refractivity contribution in [2.75, 3.05) is 19.6 Å². The first-order valence-corrected chi connectivity index (χ1v) is 9.87. The van der Waals surface area contributed by atoms with Crippen molar-refractivity contribution in [1.29, 1.82) is 0 Å². The quantitative estimate of drug-likeness (QED) is 0.577. The summed E-state index contributed by atoms with van der Waals surface area (Å²) in [7, 11) is 0. The largest absolute Gasteiger partial charge is 0.353 e. The number of hydrogen-bond donors (Lipinski definition) is 1. The molecule has 1 aliphatic heterocycles. The number of amides is 1. The Kier molecular flexibility index (Phi) is 6.46. The van der Waals surface area contributed by atoms with Crippen LogP contribution in [0.3, 0.4) is 0 Å². The lowest BCUT2D eigenvalue weighted by molar-refractivity contribution is -0.121. The SMILES string of the molecule is C=CCn1c(=O)c(=O)n(CC(=O)NCCN2CCCC[C@H]2C)c2ccccc21. The van der Waals surface area contributed by atoms with Crippen molar-refractivity contribution in [1.82, 2.24) is 19.4 Å². The first kappa shape index (κ1) is 20.1. The molecule has 1 atom stereocenters. The van der Waals surface area contributed by atoms with Gasteiger partial charge in [-0.1, -0.05) is 24.6 Å². The third-order valence-electron chi connectivity index (χ3n) is 5.41. The van der Waals surface area contributed by atoms with Gasteiger partial charge in [-0.2, -0.15) is 0 Å². The second kappa shape index (κ2) is 9.01. The number of rotatable bonds is 7. The first-order valence-electron chi connectivity index (χ1n) is 9.87. The Morgan fingerprint density at radius 3 is 2.54 bits per heavy atom. The van der Waals surface area contributed by atoms with Crippen molar-refractivity contribution in [2.45, 2.75) is 45.3 Å². The van der Waals surface area contributed by atoms with Crippen molar-refractivity contribution in [3.8, 4) is 0 Å². The molecule has 3 rings (SSSR count). The minimum Gasteiger partial charge on any atom is -0.353 e. The monoisotopic (exact) mass is 384 g/mol. The molecule has 0 saturated carbocycles. The number of carbonyl (C=O) groups excluding carboxylic acids is 1. The average molecular weight is 384 g/mol. The topological polar surface area (TPSA) is 76.3 Å². The minimum absolute atomic E-state index is 0.168. The number of allylic oxidation sites excluding steroid dienone is 1. The van der Waals surface area contributed by atoms with Gasteiger partial charge in [0.25, 0.3) is 0 Å². The van der Waals surface area contributed by atoms with E-state index in [-0.39, 0.29) is 19.0 Å². The van der Waals surface area contributed by atoms with Gasteiger partial charge in [0.1, 0.15) is 6.54 Å². The summed E-state index contributed by atoms with van der Waals surface area (Å²) < 4.78 is 2.65. The summed E-state index contributed by atoms with van der Waals surface area (Å²) >= 11 is 0. The molecule has 0 radical (unpaired) electrons. The summed E-state index contributed by atoms with van der Waals surface area (Å²) in [5.41, 5.74) is -0.162. The molecule has 7 heteroatoms. The molecule has 1 amide bonds. The zero-order valence-electron chi connectivity index (χ0n) is 16.4. The third-order valence-corrected chi connectivity index (χ3v) is 5.41. The highest BCUT2D eigenvalue weighted by Crippen LogP contribution is 2.15. The molecular weight excluding hydrogens is 356 g/mol. The van der Waals surface area contributed by atoms with Gasteiger partial charge in [-0.3, -0.25) is 28.4 Å². The van der Waals surface area contributed by atoms with Gasteiger partial charge in [-0.05, 0) is 38.4 Å². The summed E-state index contributed by atoms with van der Waals surface area (Å²) in [6, 6.07) is 7.64. The normalized spacial score (nSPS) is 17.5. The molecule has 0 spiro atoms. The smallest absolute Gasteiger partial charge is 0.317 e. The maximum atomic E-state index is 12.6. The van der Waals surface area contributed by atoms with Crippen LogP contribution in [0.25, 0.3) is 11.0 Å². The third kappa shape index (κ3) is 4.25. The zero-order chi connectivity index (χ0) is 20.1. The number of likely N-dealkylation sites (tertiary alicyclic amines) is 1. The van der Waals surface area contributed by atoms with E-state index in [2.05, 4.69) is 23.7 Å². The van der Waals surface area contributed by atoms with Crippen LogP contribution in [-0.4, -0.2) is 45.6 Å². The summed E-state index contributed by atoms with van der Waals surface area (Å²) in [6.07, 6.45) is 5.22. The van der Waals surface area contributed by atoms with Crippen molar-refractivity contribution >= 4 is 16.9 Å². The number of carbonyl (C=O) groups is 1. The number of nitrogens with zero attached hydrogens (tertiary/aromatic N) is 3. The second-order valence-electron chi connectivity index (χ2n) is 7.32. The molecule has 150 valence electrons. The molecule has 28 heavy (non-hydrogen) atoms. The number of benzene rings is 1. The molecule has 1 fully saturated rings. The van der Waals surface area contributed by atoms with Crippen LogP contribution >= 0.6 is 0 Å². The lowest BCUT2D eigenvalue weighted by Gasteiger charge is -2.33. The van der Waals surface area contributed by atoms with Crippen LogP contribution in [0, 0.1) is 0 Å². The molecule has 2 heterocycles. The van der Waals surface area contributed by atoms with Crippen LogP contribution in [-0.2, 0) is 17.9 Å². The van der Waals surface area contributed by atoms with Gasteiger partial charge in [0.05, 0.1) is 11.0 Å². The van der Waals surface area contributed by atoms with E-state index < -0.39 is 11.1 Å². The van der Waals surface area contributed by atoms with E-state index in [0.29, 0.717) is 23.6 Å². The number of nitrogens with one attached hydrogen (secondary N) is 1. The molecule has 7 nitrogen and oxygen atoms in total. The van der Waals surface area contributed by atoms with Crippen LogP contribution in [0.1, 0.15) is 26.2 Å². The van der Waals surface area contributed by atoms with Crippen molar-refractivity contribution in [2.24, 2.45) is 0 Å². The molecule has 2 aromatic rings. The Hall–Kier alpha value is -2.67. The Bertz CT molecular complexity index is 976. The molecule has 0 unspecified atom stereocenters. The van der Waals surface area contributed by atoms with Crippen molar-refractivity contribution in [3.05, 3.63) is 57.6 Å². The van der Waals surface area contributed by atoms with Gasteiger partial charge in [0.2, 0.25) is 5.91 Å². The summed E-state index contributed by atoms with van der Waals surface area (Å²) in [4.78, 5) is 39.9. The number of piperidine rings is 1. The van der Waals surface area contributed by atoms with E-state index in [1.807, 2.05) is 0 Å². The number of aromatic nitrogens is 2. The van der Waals surface area contributed by atoms with Crippen LogP contribution in [0.15, 0.2) is 46.5 Å². The first-order chi connectivity index (χ1) is 13.5. The van der Waals surface area contributed by atoms with E-state index in [0.717, 1.165) is 13.1 Å². The van der Waals surface area contributed by atoms with E-state index in [1.165, 1.54) is 28.4 Å². The predicted octanol–water partition coefficient (Wildman–Crippen LogP) is 1.34. The van der Waals surface area contributed by atoms with E-state index in [9.17, 15) is 14.4 Å². The Morgan fingerprint density at radius 1 is 1.18 bits per heavy atom. The summed E-state index contributed by atoms with van der Waals surface area (Å²) in [5.74, 6) is -0.266. The van der Waals surface area contributed by atoms with Crippen LogP contribution < -0.4 is 16.4 Å². The van der Waals surface area contributed by atoms with Gasteiger partial charge in [0.15, 0.2) is 0 Å². The Balaban J connectivity index is 1.75. The Morgan fingerprint density at radius 2 is 1.86 bits per heavy atom. The highest BCUT2D eigenvalue weighted by Gasteiger charge is 2.18. The second-order valence-corrected chi connectivity index (χ2v) is 7.32. The van der Waals surface area contributed by atoms with Gasteiger partial charge < -0.3 is 5.32 Å². The molecule has 1 saturated heterocycles. The van der Waals surface area contributed by atoms with Gasteiger partial charge in [0, 0.05) is 25.7 Å². The Labute approximate surface area is 164 Å². The highest BCUT2D eigenvalue weighted by molar-refractivity contribution is 5.80. The van der Waals surface area contributed by atoms with E-state index >= 15 is 0 Å². The fraction of sp³-hybridized carbons (Fsp3) is 0.476. The standard InChI is InChI=1S/C21H28N4O3/c1-3-12-24-17-9-4-5-10-18(17)25(21(28)20(24)27)15-19(26)22-11-14-23-13-7-6-8-16(23)2/h3-5,9-10,16H,1,6-8,11-15H2,2H3,(H,22,26)/t16-/m1/s1. The molecule has 0 bridgehead atoms. The van der Waals surface area contributed by atoms with Gasteiger partial charge in [-0.15, -0.1) is 6.58 Å². The van der Waals surface area contributed by atoms with Crippen molar-refractivity contribution < 1.29 is 4.79 Å². The van der Waals surface area contributed by atoms with Crippen LogP contribution in [0.5, 0.6) is 0 Å². The molecule has 0 aliphatic carbocycles. The van der Waals surface area contributed by atoms with Crippen LogP contribution in [0.2, 0.25) is 0 Å². The molecule has 1 N–H and O–H groups in total. The number of para-hydroxylation sites is 2. The molecular formula is C21H28N4O3. The lowest BCUT2D eigenvalue weighted by atomic mass is 10.0. The zero-order valence-corrected chi connectivity index (χ0v) is 16.4. The van der Waals surface area contributed by atoms with Gasteiger partial charge in [-0.25, -0.2) is 0 Å². The fourth-order valence-corrected chi connectivity index (χ4v) is 3.87. The fourth-order valence-electron chi connectivity index (χ4n) is 3.87. The maximum Gasteiger partial charge on any atom is 0.317 e. The number of fused-ring (bicyclic) bond motifs is 1. The minimum atomic E-state index is -0.694. The summed E-state index contributed by atoms with van der Waals surface area (Å²) in [5, 5.41) is 2.88. The number of hydrogen-bond acceptors (Lipinski definition) is 4. The molecule has 1 aliphatic rings. The lowest BCUT2D eigenvalue weighted by Crippen LogP contribution is -2.45. The van der Waals surface area contributed by atoms with Crippen molar-refractivity contribution in [3.63, 3.8) is 0 Å². The van der Waals surface area contributed by atoms with E-state index in [4.69, 9.17) is 0 Å². The molecule has 1 aromatic heterocycles. The highest BCUT2D eigenvalue weighted by atomic mass is 16.2. The van der Waals surface area contributed by atoms with E-state index in [1.54, 1.807) is 30.3 Å². The predicted molar refractivity (Wildman–Crippen MR) is 111 cm³/mol. The summed E-state index contributed by atoms with van der Waals surface area (Å²) in [6.45, 7) is 8.32. The van der Waals surface area contributed by atoms with Crippen LogP contribution in [0.4, 0.5) is 0 Å². The molecule has 1 aromatic carbocycles. The average Bonchev–Trinajstić information content (AvgIpc) is 2.70.